The summed E-state index contributed by atoms with van der Waals surface area (Å²) < 4.78 is 74.6. The van der Waals surface area contributed by atoms with Crippen LogP contribution in [0.3, 0.4) is 0 Å². The van der Waals surface area contributed by atoms with Gasteiger partial charge in [0.1, 0.15) is 0 Å². The smallest absolute Gasteiger partial charge is 0.416 e. The molecule has 220 valence electrons. The minimum Gasteiger partial charge on any atom is -0.424 e. The van der Waals surface area contributed by atoms with Gasteiger partial charge < -0.3 is 25.4 Å². The molecule has 0 spiro atoms. The van der Waals surface area contributed by atoms with Gasteiger partial charge in [-0.3, -0.25) is 9.59 Å². The van der Waals surface area contributed by atoms with Crippen LogP contribution in [0.2, 0.25) is 0 Å². The van der Waals surface area contributed by atoms with Crippen molar-refractivity contribution in [2.75, 3.05) is 31.3 Å². The molecule has 1 fully saturated rings. The highest BCUT2D eigenvalue weighted by Crippen LogP contribution is 2.34. The number of nitrogens with zero attached hydrogens (tertiary/aromatic N) is 4. The molecular formula is C27H29F5N6O3. The van der Waals surface area contributed by atoms with Crippen LogP contribution in [0.1, 0.15) is 42.9 Å². The van der Waals surface area contributed by atoms with Gasteiger partial charge in [0.05, 0.1) is 12.0 Å². The Kier molecular flexibility index (Phi) is 9.21. The third-order valence-corrected chi connectivity index (χ3v) is 6.67. The summed E-state index contributed by atoms with van der Waals surface area (Å²) in [4.78, 5) is 27.0. The first-order valence-electron chi connectivity index (χ1n) is 12.9. The van der Waals surface area contributed by atoms with Crippen molar-refractivity contribution in [2.24, 2.45) is 5.92 Å². The van der Waals surface area contributed by atoms with Gasteiger partial charge >= 0.3 is 6.18 Å². The predicted octanol–water partition coefficient (Wildman–Crippen LogP) is 5.97. The van der Waals surface area contributed by atoms with E-state index in [-0.39, 0.29) is 28.9 Å². The lowest BCUT2D eigenvalue weighted by Crippen LogP contribution is -2.43. The Morgan fingerprint density at radius 3 is 2.41 bits per heavy atom. The Morgan fingerprint density at radius 1 is 1.07 bits per heavy atom. The number of urea groups is 1. The van der Waals surface area contributed by atoms with Gasteiger partial charge in [-0.05, 0) is 62.8 Å². The van der Waals surface area contributed by atoms with E-state index in [2.05, 4.69) is 26.1 Å². The van der Waals surface area contributed by atoms with Gasteiger partial charge in [-0.2, -0.15) is 13.2 Å². The first-order chi connectivity index (χ1) is 19.4. The van der Waals surface area contributed by atoms with E-state index in [1.54, 1.807) is 4.68 Å². The summed E-state index contributed by atoms with van der Waals surface area (Å²) in [5.41, 5.74) is -2.07. The molecule has 0 radical (unpaired) electrons. The first kappa shape index (κ1) is 29.9. The van der Waals surface area contributed by atoms with Gasteiger partial charge in [-0.15, -0.1) is 0 Å². The Morgan fingerprint density at radius 2 is 1.76 bits per heavy atom. The topological polar surface area (TPSA) is 105 Å². The van der Waals surface area contributed by atoms with Gasteiger partial charge in [-0.25, -0.2) is 8.78 Å². The van der Waals surface area contributed by atoms with E-state index < -0.39 is 41.7 Å². The lowest BCUT2D eigenvalue weighted by atomic mass is 9.86. The van der Waals surface area contributed by atoms with E-state index in [1.807, 2.05) is 14.1 Å². The molecule has 0 bridgehead atoms. The summed E-state index contributed by atoms with van der Waals surface area (Å²) in [5, 5.41) is 12.1. The summed E-state index contributed by atoms with van der Waals surface area (Å²) >= 11 is 0. The molecule has 14 heteroatoms. The second-order valence-electron chi connectivity index (χ2n) is 10.2. The number of carbonyl (C=O) groups excluding carboxylic acids is 2. The molecule has 0 aliphatic heterocycles. The second-order valence-corrected chi connectivity index (χ2v) is 10.2. The van der Waals surface area contributed by atoms with Crippen molar-refractivity contribution in [3.8, 4) is 0 Å². The fourth-order valence-corrected chi connectivity index (χ4v) is 4.83. The maximum Gasteiger partial charge on any atom is 0.416 e. The molecule has 3 aromatic rings. The van der Waals surface area contributed by atoms with Crippen LogP contribution < -0.4 is 15.3 Å². The highest BCUT2D eigenvalue weighted by molar-refractivity contribution is 6.04. The van der Waals surface area contributed by atoms with Crippen LogP contribution in [0.4, 0.5) is 44.0 Å². The summed E-state index contributed by atoms with van der Waals surface area (Å²) in [5.74, 6) is -2.82. The molecule has 3 amide bonds. The molecule has 1 aliphatic carbocycles. The molecule has 0 atom stereocenters. The number of amides is 3. The normalized spacial score (nSPS) is 17.4. The summed E-state index contributed by atoms with van der Waals surface area (Å²) in [6.45, 7) is 1.00. The number of anilines is 2. The van der Waals surface area contributed by atoms with E-state index >= 15 is 0 Å². The fourth-order valence-electron chi connectivity index (χ4n) is 4.83. The molecule has 41 heavy (non-hydrogen) atoms. The zero-order chi connectivity index (χ0) is 29.7. The number of hydrogen-bond acceptors (Lipinski definition) is 5. The number of carbonyl (C=O) groups is 2. The van der Waals surface area contributed by atoms with E-state index in [9.17, 15) is 31.5 Å². The van der Waals surface area contributed by atoms with Gasteiger partial charge in [-0.1, -0.05) is 16.8 Å². The molecule has 0 saturated heterocycles. The molecule has 9 nitrogen and oxygen atoms in total. The van der Waals surface area contributed by atoms with Crippen LogP contribution in [-0.2, 0) is 17.4 Å². The maximum absolute atomic E-state index is 13.9. The van der Waals surface area contributed by atoms with Crippen LogP contribution in [0, 0.1) is 17.6 Å². The van der Waals surface area contributed by atoms with Gasteiger partial charge in [0, 0.05) is 30.6 Å². The Balaban J connectivity index is 1.40. The molecule has 2 aromatic carbocycles. The van der Waals surface area contributed by atoms with Gasteiger partial charge in [0.15, 0.2) is 29.0 Å². The molecule has 1 heterocycles. The van der Waals surface area contributed by atoms with Crippen molar-refractivity contribution in [1.82, 2.24) is 10.2 Å². The standard InChI is InChI=1S/C27H29F5N6O3/c1-37(2)14-16-6-8-21(9-7-16)38-15-24(41-36-38)35-26(40)34-20-12-18(27(30,31)32)11-19(13-20)33-23(39)10-17-4-3-5-22(28)25(17)29/h3-5,11-13,15-16,21H,6-10,14H2,1-2H3,(H2-,33,34,35,36,39,40). The molecule has 4 rings (SSSR count). The first-order valence-corrected chi connectivity index (χ1v) is 12.9. The van der Waals surface area contributed by atoms with Crippen molar-refractivity contribution in [3.63, 3.8) is 0 Å². The molecule has 1 saturated carbocycles. The molecule has 2 N–H and O–H groups in total. The van der Waals surface area contributed by atoms with Crippen molar-refractivity contribution in [1.29, 1.82) is 0 Å². The van der Waals surface area contributed by atoms with Crippen molar-refractivity contribution in [2.45, 2.75) is 44.3 Å². The fraction of sp³-hybridized carbons (Fsp3) is 0.407. The Labute approximate surface area is 232 Å². The lowest BCUT2D eigenvalue weighted by Gasteiger charge is -2.26. The van der Waals surface area contributed by atoms with Gasteiger partial charge in [0.2, 0.25) is 18.0 Å². The Bertz CT molecular complexity index is 1390. The number of alkyl halides is 3. The lowest BCUT2D eigenvalue weighted by molar-refractivity contribution is -0.787. The molecule has 1 aliphatic rings. The average molecular weight is 581 g/mol. The Hall–Kier alpha value is -4.07. The van der Waals surface area contributed by atoms with Crippen LogP contribution >= 0.6 is 0 Å². The number of benzene rings is 2. The van der Waals surface area contributed by atoms with Gasteiger partial charge in [0.25, 0.3) is 0 Å². The molecule has 0 unspecified atom stereocenters. The van der Waals surface area contributed by atoms with Crippen molar-refractivity contribution in [3.05, 3.63) is 70.7 Å². The van der Waals surface area contributed by atoms with Crippen molar-refractivity contribution >= 4 is 29.2 Å². The third-order valence-electron chi connectivity index (χ3n) is 6.67. The quantitative estimate of drug-likeness (QED) is 0.252. The second kappa shape index (κ2) is 12.6. The van der Waals surface area contributed by atoms with E-state index in [0.29, 0.717) is 18.1 Å². The zero-order valence-corrected chi connectivity index (χ0v) is 22.3. The number of aromatic nitrogens is 2. The predicted molar refractivity (Wildman–Crippen MR) is 138 cm³/mol. The van der Waals surface area contributed by atoms with Crippen LogP contribution in [-0.4, -0.2) is 42.7 Å². The summed E-state index contributed by atoms with van der Waals surface area (Å²) in [7, 11) is 4.07. The van der Waals surface area contributed by atoms with Crippen LogP contribution in [0.5, 0.6) is 0 Å². The average Bonchev–Trinajstić information content (AvgIpc) is 3.34. The third kappa shape index (κ3) is 8.22. The molecule has 1 aromatic heterocycles. The highest BCUT2D eigenvalue weighted by atomic mass is 19.4. The highest BCUT2D eigenvalue weighted by Gasteiger charge is 2.32. The summed E-state index contributed by atoms with van der Waals surface area (Å²) in [6, 6.07) is 4.72. The SMILES string of the molecule is CN(C)CC1CCC([n+]2cc([N-]C(=O)Nc3cc(NC(=O)Cc4cccc(F)c4F)cc(C(F)(F)F)c3)on2)CC1. The summed E-state index contributed by atoms with van der Waals surface area (Å²) in [6.07, 6.45) is -0.187. The van der Waals surface area contributed by atoms with Crippen molar-refractivity contribution < 1.29 is 40.7 Å². The number of nitrogens with one attached hydrogen (secondary N) is 2. The number of halogens is 5. The number of rotatable bonds is 8. The molecular weight excluding hydrogens is 551 g/mol. The largest absolute Gasteiger partial charge is 0.424 e. The van der Waals surface area contributed by atoms with E-state index in [4.69, 9.17) is 4.52 Å². The monoisotopic (exact) mass is 580 g/mol. The number of hydrogen-bond donors (Lipinski definition) is 2. The zero-order valence-electron chi connectivity index (χ0n) is 22.3. The maximum atomic E-state index is 13.9. The van der Waals surface area contributed by atoms with E-state index in [1.165, 1.54) is 18.3 Å². The van der Waals surface area contributed by atoms with Crippen LogP contribution in [0.15, 0.2) is 47.1 Å². The minimum absolute atomic E-state index is 0.0830. The minimum atomic E-state index is -4.81. The van der Waals surface area contributed by atoms with Crippen LogP contribution in [0.25, 0.3) is 5.32 Å². The van der Waals surface area contributed by atoms with E-state index in [0.717, 1.165) is 44.4 Å².